The lowest BCUT2D eigenvalue weighted by atomic mass is 9.97. The third-order valence-electron chi connectivity index (χ3n) is 5.14. The molecule has 0 fully saturated rings. The molecule has 3 aromatic rings. The second-order valence-corrected chi connectivity index (χ2v) is 9.24. The topological polar surface area (TPSA) is 87.3 Å². The molecule has 1 N–H and O–H groups in total. The molecular weight excluding hydrogens is 419 g/mol. The van der Waals surface area contributed by atoms with E-state index in [9.17, 15) is 22.4 Å². The lowest BCUT2D eigenvalue weighted by Gasteiger charge is -2.19. The first-order chi connectivity index (χ1) is 14.5. The third kappa shape index (κ3) is 4.44. The van der Waals surface area contributed by atoms with Crippen LogP contribution in [0.5, 0.6) is 0 Å². The zero-order valence-corrected chi connectivity index (χ0v) is 18.5. The van der Waals surface area contributed by atoms with E-state index >= 15 is 0 Å². The molecule has 1 unspecified atom stereocenters. The maximum absolute atomic E-state index is 15.0. The number of hydrogen-bond acceptors (Lipinski definition) is 4. The molecular formula is C23H23FN2O4S. The summed E-state index contributed by atoms with van der Waals surface area (Å²) in [5.41, 5.74) is 2.05. The van der Waals surface area contributed by atoms with Gasteiger partial charge in [-0.25, -0.2) is 17.1 Å². The number of ketones is 1. The van der Waals surface area contributed by atoms with E-state index in [0.29, 0.717) is 15.4 Å². The van der Waals surface area contributed by atoms with Gasteiger partial charge in [-0.3, -0.25) is 9.59 Å². The Balaban J connectivity index is 1.94. The molecule has 0 bridgehead atoms. The van der Waals surface area contributed by atoms with Crippen LogP contribution >= 0.6 is 0 Å². The lowest BCUT2D eigenvalue weighted by molar-refractivity contribution is -0.115. The van der Waals surface area contributed by atoms with Crippen molar-refractivity contribution in [2.75, 3.05) is 10.6 Å². The smallest absolute Gasteiger partial charge is 0.238 e. The average Bonchev–Trinajstić information content (AvgIpc) is 3.01. The van der Waals surface area contributed by atoms with Crippen molar-refractivity contribution in [3.05, 3.63) is 88.5 Å². The van der Waals surface area contributed by atoms with E-state index in [1.807, 2.05) is 0 Å². The van der Waals surface area contributed by atoms with E-state index in [4.69, 9.17) is 0 Å². The molecule has 0 spiro atoms. The summed E-state index contributed by atoms with van der Waals surface area (Å²) in [5, 5.41) is 0. The maximum Gasteiger partial charge on any atom is 0.238 e. The molecule has 6 nitrogen and oxygen atoms in total. The highest BCUT2D eigenvalue weighted by Gasteiger charge is 2.25. The van der Waals surface area contributed by atoms with Gasteiger partial charge in [0.25, 0.3) is 0 Å². The highest BCUT2D eigenvalue weighted by molar-refractivity contribution is 7.92. The second kappa shape index (κ2) is 8.47. The molecule has 1 heterocycles. The number of halogens is 1. The predicted octanol–water partition coefficient (Wildman–Crippen LogP) is 4.16. The minimum atomic E-state index is -3.77. The molecule has 162 valence electrons. The summed E-state index contributed by atoms with van der Waals surface area (Å²) in [6.07, 6.45) is 0.952. The van der Waals surface area contributed by atoms with Crippen LogP contribution in [0.3, 0.4) is 0 Å². The fraction of sp³-hybridized carbons (Fsp3) is 0.217. The molecule has 8 heteroatoms. The van der Waals surface area contributed by atoms with Crippen molar-refractivity contribution in [3.63, 3.8) is 0 Å². The molecule has 0 saturated heterocycles. The van der Waals surface area contributed by atoms with Gasteiger partial charge < -0.3 is 4.98 Å². The van der Waals surface area contributed by atoms with Gasteiger partial charge in [-0.1, -0.05) is 49.4 Å². The quantitative estimate of drug-likeness (QED) is 0.581. The molecule has 0 aliphatic heterocycles. The van der Waals surface area contributed by atoms with E-state index in [2.05, 4.69) is 4.98 Å². The first-order valence-corrected chi connectivity index (χ1v) is 11.5. The lowest BCUT2D eigenvalue weighted by Crippen LogP contribution is -2.34. The summed E-state index contributed by atoms with van der Waals surface area (Å²) in [6.45, 7) is 4.50. The second-order valence-electron chi connectivity index (χ2n) is 7.41. The molecule has 0 aliphatic carbocycles. The number of carbonyl (C=O) groups excluding carboxylic acids is 2. The molecule has 0 radical (unpaired) electrons. The number of nitrogens with one attached hydrogen (secondary N) is 1. The van der Waals surface area contributed by atoms with Crippen molar-refractivity contribution in [1.82, 2.24) is 4.98 Å². The zero-order valence-electron chi connectivity index (χ0n) is 17.6. The van der Waals surface area contributed by atoms with Crippen LogP contribution in [-0.4, -0.2) is 31.3 Å². The fourth-order valence-corrected chi connectivity index (χ4v) is 4.50. The van der Waals surface area contributed by atoms with Gasteiger partial charge in [0.1, 0.15) is 5.82 Å². The van der Waals surface area contributed by atoms with E-state index in [-0.39, 0.29) is 28.4 Å². The first-order valence-electron chi connectivity index (χ1n) is 9.61. The minimum Gasteiger partial charge on any atom is -0.352 e. The molecule has 0 aliphatic rings. The Morgan fingerprint density at radius 1 is 1.03 bits per heavy atom. The van der Waals surface area contributed by atoms with Crippen molar-refractivity contribution < 1.29 is 22.4 Å². The van der Waals surface area contributed by atoms with Crippen LogP contribution < -0.4 is 4.31 Å². The zero-order chi connectivity index (χ0) is 22.9. The number of hydrogen-bond donors (Lipinski definition) is 1. The third-order valence-corrected chi connectivity index (χ3v) is 6.27. The highest BCUT2D eigenvalue weighted by atomic mass is 32.2. The number of anilines is 1. The Labute approximate surface area is 180 Å². The number of amides is 1. The van der Waals surface area contributed by atoms with E-state index in [1.54, 1.807) is 56.3 Å². The van der Waals surface area contributed by atoms with Gasteiger partial charge in [0.2, 0.25) is 21.7 Å². The van der Waals surface area contributed by atoms with Crippen molar-refractivity contribution in [3.8, 4) is 0 Å². The van der Waals surface area contributed by atoms with Crippen LogP contribution in [0.15, 0.2) is 54.6 Å². The largest absolute Gasteiger partial charge is 0.352 e. The summed E-state index contributed by atoms with van der Waals surface area (Å²) in [6, 6.07) is 14.9. The highest BCUT2D eigenvalue weighted by Crippen LogP contribution is 2.31. The fourth-order valence-electron chi connectivity index (χ4n) is 3.53. The first kappa shape index (κ1) is 22.4. The van der Waals surface area contributed by atoms with E-state index in [1.165, 1.54) is 19.1 Å². The number of aromatic amines is 1. The number of nitrogens with zero attached hydrogens (tertiary/aromatic N) is 1. The summed E-state index contributed by atoms with van der Waals surface area (Å²) >= 11 is 0. The SMILES string of the molecule is CC(=O)N(c1ccc(C(C)c2[nH]c(C(=O)c3ccccc3)c(C)c2F)cc1)S(C)(=O)=O. The van der Waals surface area contributed by atoms with Gasteiger partial charge >= 0.3 is 0 Å². The Bertz CT molecular complexity index is 1230. The summed E-state index contributed by atoms with van der Waals surface area (Å²) in [4.78, 5) is 27.5. The summed E-state index contributed by atoms with van der Waals surface area (Å²) in [5.74, 6) is -1.85. The van der Waals surface area contributed by atoms with E-state index < -0.39 is 27.7 Å². The summed E-state index contributed by atoms with van der Waals surface area (Å²) < 4.78 is 39.5. The van der Waals surface area contributed by atoms with Crippen LogP contribution in [0, 0.1) is 12.7 Å². The molecule has 1 amide bonds. The molecule has 2 aromatic carbocycles. The van der Waals surface area contributed by atoms with Gasteiger partial charge in [0.05, 0.1) is 23.3 Å². The van der Waals surface area contributed by atoms with Crippen LogP contribution in [0.2, 0.25) is 0 Å². The Kier molecular flexibility index (Phi) is 6.13. The number of benzene rings is 2. The Morgan fingerprint density at radius 2 is 1.61 bits per heavy atom. The molecule has 31 heavy (non-hydrogen) atoms. The predicted molar refractivity (Wildman–Crippen MR) is 117 cm³/mol. The van der Waals surface area contributed by atoms with Crippen molar-refractivity contribution >= 4 is 27.4 Å². The van der Waals surface area contributed by atoms with Crippen LogP contribution in [-0.2, 0) is 14.8 Å². The Morgan fingerprint density at radius 3 is 2.13 bits per heavy atom. The molecule has 0 saturated carbocycles. The van der Waals surface area contributed by atoms with Crippen molar-refractivity contribution in [1.29, 1.82) is 0 Å². The Hall–Kier alpha value is -3.26. The van der Waals surface area contributed by atoms with Crippen LogP contribution in [0.25, 0.3) is 0 Å². The van der Waals surface area contributed by atoms with Gasteiger partial charge in [-0.05, 0) is 24.6 Å². The maximum atomic E-state index is 15.0. The van der Waals surface area contributed by atoms with Crippen LogP contribution in [0.1, 0.15) is 52.6 Å². The van der Waals surface area contributed by atoms with Crippen LogP contribution in [0.4, 0.5) is 10.1 Å². The van der Waals surface area contributed by atoms with Crippen molar-refractivity contribution in [2.45, 2.75) is 26.7 Å². The normalized spacial score (nSPS) is 12.4. The van der Waals surface area contributed by atoms with Gasteiger partial charge in [0, 0.05) is 24.0 Å². The number of rotatable bonds is 6. The van der Waals surface area contributed by atoms with Crippen molar-refractivity contribution in [2.24, 2.45) is 0 Å². The number of carbonyl (C=O) groups is 2. The van der Waals surface area contributed by atoms with E-state index in [0.717, 1.165) is 6.26 Å². The monoisotopic (exact) mass is 442 g/mol. The number of aromatic nitrogens is 1. The van der Waals surface area contributed by atoms with Gasteiger partial charge in [0.15, 0.2) is 0 Å². The summed E-state index contributed by atoms with van der Waals surface area (Å²) in [7, 11) is -3.77. The molecule has 1 aromatic heterocycles. The average molecular weight is 443 g/mol. The number of H-pyrrole nitrogens is 1. The van der Waals surface area contributed by atoms with Gasteiger partial charge in [-0.15, -0.1) is 0 Å². The standard InChI is InChI=1S/C23H23FN2O4S/c1-14(17-10-12-19(13-11-17)26(16(3)27)31(4,29)30)21-20(24)15(2)22(25-21)23(28)18-8-6-5-7-9-18/h5-14,25H,1-4H3. The number of sulfonamides is 1. The molecule has 1 atom stereocenters. The van der Waals surface area contributed by atoms with Gasteiger partial charge in [-0.2, -0.15) is 0 Å². The minimum absolute atomic E-state index is 0.196. The molecule has 3 rings (SSSR count).